The largest absolute Gasteiger partial charge is 0.462 e. The second kappa shape index (κ2) is 10.2. The minimum Gasteiger partial charge on any atom is -0.462 e. The van der Waals surface area contributed by atoms with Crippen LogP contribution in [0.2, 0.25) is 6.04 Å². The molecule has 0 rings (SSSR count). The fourth-order valence-corrected chi connectivity index (χ4v) is 3.79. The maximum Gasteiger partial charge on any atom is 0.333 e. The zero-order valence-corrected chi connectivity index (χ0v) is 14.2. The lowest BCUT2D eigenvalue weighted by atomic mass is 10.3. The van der Waals surface area contributed by atoms with Crippen LogP contribution in [0.1, 0.15) is 39.5 Å². The molecule has 0 heterocycles. The van der Waals surface area contributed by atoms with E-state index < -0.39 is 9.52 Å². The molecule has 0 aromatic rings. The fraction of sp³-hybridized carbons (Fsp3) is 0.786. The second-order valence-electron chi connectivity index (χ2n) is 4.75. The van der Waals surface area contributed by atoms with Crippen molar-refractivity contribution < 1.29 is 19.0 Å². The molecule has 0 atom stereocenters. The van der Waals surface area contributed by atoms with Crippen molar-refractivity contribution in [2.24, 2.45) is 0 Å². The van der Waals surface area contributed by atoms with E-state index in [1.54, 1.807) is 21.1 Å². The molecule has 19 heavy (non-hydrogen) atoms. The van der Waals surface area contributed by atoms with Gasteiger partial charge >= 0.3 is 5.97 Å². The minimum atomic E-state index is -0.411. The summed E-state index contributed by atoms with van der Waals surface area (Å²) in [6.45, 7) is 7.78. The van der Waals surface area contributed by atoms with Gasteiger partial charge in [-0.15, -0.1) is 0 Å². The molecule has 0 saturated heterocycles. The molecular weight excluding hydrogens is 260 g/mol. The highest BCUT2D eigenvalue weighted by molar-refractivity contribution is 6.38. The summed E-state index contributed by atoms with van der Waals surface area (Å²) in [4.78, 5) is 11.1. The van der Waals surface area contributed by atoms with E-state index in [9.17, 15) is 4.79 Å². The summed E-state index contributed by atoms with van der Waals surface area (Å²) in [5.41, 5.74) is 0.159. The molecule has 0 unspecified atom stereocenters. The number of rotatable bonds is 11. The van der Waals surface area contributed by atoms with Crippen LogP contribution in [-0.2, 0) is 19.0 Å². The van der Waals surface area contributed by atoms with Crippen LogP contribution in [0.4, 0.5) is 0 Å². The van der Waals surface area contributed by atoms with E-state index in [0.717, 1.165) is 25.7 Å². The van der Waals surface area contributed by atoms with E-state index in [-0.39, 0.29) is 11.4 Å². The number of ether oxygens (including phenoxy) is 3. The predicted molar refractivity (Wildman–Crippen MR) is 80.0 cm³/mol. The van der Waals surface area contributed by atoms with Gasteiger partial charge in [0.05, 0.1) is 16.1 Å². The first-order chi connectivity index (χ1) is 9.01. The first-order valence-corrected chi connectivity index (χ1v) is 8.65. The molecule has 0 saturated carbocycles. The molecule has 4 nitrogen and oxygen atoms in total. The number of esters is 1. The Hall–Kier alpha value is -0.653. The molecule has 0 aliphatic heterocycles. The summed E-state index contributed by atoms with van der Waals surface area (Å²) >= 11 is 0. The first kappa shape index (κ1) is 18.3. The third-order valence-electron chi connectivity index (χ3n) is 3.32. The van der Waals surface area contributed by atoms with Gasteiger partial charge in [-0.1, -0.05) is 32.4 Å². The molecular formula is C14H28O4Si. The van der Waals surface area contributed by atoms with Crippen molar-refractivity contribution in [3.8, 4) is 0 Å². The lowest BCUT2D eigenvalue weighted by Gasteiger charge is -2.29. The normalized spacial score (nSPS) is 12.0. The number of hydrogen-bond acceptors (Lipinski definition) is 4. The van der Waals surface area contributed by atoms with Crippen molar-refractivity contribution in [1.29, 1.82) is 0 Å². The Bertz CT molecular complexity index is 266. The molecule has 5 heteroatoms. The summed E-state index contributed by atoms with van der Waals surface area (Å²) in [5.74, 6) is -0.293. The molecule has 0 spiro atoms. The molecule has 0 bridgehead atoms. The third-order valence-corrected chi connectivity index (χ3v) is 6.01. The zero-order valence-electron chi connectivity index (χ0n) is 12.8. The zero-order chi connectivity index (χ0) is 14.7. The van der Waals surface area contributed by atoms with Crippen molar-refractivity contribution >= 4 is 15.5 Å². The first-order valence-electron chi connectivity index (χ1n) is 6.94. The smallest absolute Gasteiger partial charge is 0.333 e. The van der Waals surface area contributed by atoms with Crippen LogP contribution in [0.5, 0.6) is 0 Å². The molecule has 112 valence electrons. The topological polar surface area (TPSA) is 44.8 Å². The number of methoxy groups -OCH3 is 2. The summed E-state index contributed by atoms with van der Waals surface area (Å²) in [5, 5.41) is 0. The number of carbonyl (C=O) groups is 1. The second-order valence-corrected chi connectivity index (χ2v) is 7.04. The average molecular weight is 288 g/mol. The highest BCUT2D eigenvalue weighted by Gasteiger charge is 2.26. The van der Waals surface area contributed by atoms with Crippen LogP contribution >= 0.6 is 0 Å². The van der Waals surface area contributed by atoms with Crippen LogP contribution in [0, 0.1) is 0 Å². The van der Waals surface area contributed by atoms with E-state index >= 15 is 0 Å². The van der Waals surface area contributed by atoms with Crippen molar-refractivity contribution in [2.45, 2.75) is 51.0 Å². The fourth-order valence-electron chi connectivity index (χ4n) is 1.89. The van der Waals surface area contributed by atoms with Crippen LogP contribution in [0.25, 0.3) is 0 Å². The standard InChI is InChI=1S/C14H28O4Si/c1-6-14(16-4,17-5)19-11-9-7-8-10-18-13(15)12(2)3/h2,6-11,19H2,1,3-5H3. The molecule has 0 aromatic heterocycles. The van der Waals surface area contributed by atoms with Gasteiger partial charge in [-0.05, 0) is 19.8 Å². The molecule has 0 N–H and O–H groups in total. The van der Waals surface area contributed by atoms with E-state index in [1.807, 2.05) is 0 Å². The van der Waals surface area contributed by atoms with Crippen molar-refractivity contribution in [3.05, 3.63) is 12.2 Å². The maximum absolute atomic E-state index is 11.1. The van der Waals surface area contributed by atoms with Gasteiger partial charge in [0.25, 0.3) is 0 Å². The van der Waals surface area contributed by atoms with Crippen molar-refractivity contribution in [2.75, 3.05) is 20.8 Å². The van der Waals surface area contributed by atoms with E-state index in [2.05, 4.69) is 13.5 Å². The van der Waals surface area contributed by atoms with E-state index in [4.69, 9.17) is 14.2 Å². The van der Waals surface area contributed by atoms with E-state index in [1.165, 1.54) is 6.04 Å². The van der Waals surface area contributed by atoms with Crippen molar-refractivity contribution in [3.63, 3.8) is 0 Å². The van der Waals surface area contributed by atoms with Gasteiger partial charge in [-0.2, -0.15) is 0 Å². The lowest BCUT2D eigenvalue weighted by molar-refractivity contribution is -0.146. The molecule has 0 aliphatic carbocycles. The van der Waals surface area contributed by atoms with Crippen LogP contribution in [0.3, 0.4) is 0 Å². The molecule has 0 fully saturated rings. The molecule has 0 radical (unpaired) electrons. The number of hydrogen-bond donors (Lipinski definition) is 0. The lowest BCUT2D eigenvalue weighted by Crippen LogP contribution is -2.39. The third kappa shape index (κ3) is 7.50. The molecule has 0 aliphatic rings. The van der Waals surface area contributed by atoms with E-state index in [0.29, 0.717) is 12.2 Å². The summed E-state index contributed by atoms with van der Waals surface area (Å²) in [6, 6.07) is 1.18. The Balaban J connectivity index is 3.60. The minimum absolute atomic E-state index is 0.293. The average Bonchev–Trinajstić information content (AvgIpc) is 2.42. The molecule has 0 aromatic carbocycles. The highest BCUT2D eigenvalue weighted by Crippen LogP contribution is 2.17. The quantitative estimate of drug-likeness (QED) is 0.192. The van der Waals surface area contributed by atoms with Gasteiger partial charge in [-0.25, -0.2) is 4.79 Å². The predicted octanol–water partition coefficient (Wildman–Crippen LogP) is 2.22. The summed E-state index contributed by atoms with van der Waals surface area (Å²) < 4.78 is 16.0. The van der Waals surface area contributed by atoms with Gasteiger partial charge < -0.3 is 14.2 Å². The Morgan fingerprint density at radius 3 is 2.32 bits per heavy atom. The van der Waals surface area contributed by atoms with Gasteiger partial charge in [-0.3, -0.25) is 0 Å². The Morgan fingerprint density at radius 2 is 1.84 bits per heavy atom. The Labute approximate surface area is 119 Å². The number of carbonyl (C=O) groups excluding carboxylic acids is 1. The van der Waals surface area contributed by atoms with Crippen LogP contribution in [0.15, 0.2) is 12.2 Å². The molecule has 0 amide bonds. The van der Waals surface area contributed by atoms with Crippen LogP contribution in [-0.4, -0.2) is 41.7 Å². The summed E-state index contributed by atoms with van der Waals surface area (Å²) in [6.07, 6.45) is 4.03. The number of unbranched alkanes of at least 4 members (excludes halogenated alkanes) is 2. The van der Waals surface area contributed by atoms with Gasteiger partial charge in [0, 0.05) is 19.8 Å². The van der Waals surface area contributed by atoms with Gasteiger partial charge in [0.15, 0.2) is 0 Å². The SMILES string of the molecule is C=C(C)C(=O)OCCCCC[SiH2]C(CC)(OC)OC. The maximum atomic E-state index is 11.1. The highest BCUT2D eigenvalue weighted by atomic mass is 28.2. The van der Waals surface area contributed by atoms with Crippen LogP contribution < -0.4 is 0 Å². The Kier molecular flexibility index (Phi) is 9.82. The van der Waals surface area contributed by atoms with Gasteiger partial charge in [0.1, 0.15) is 5.41 Å². The van der Waals surface area contributed by atoms with Crippen molar-refractivity contribution in [1.82, 2.24) is 0 Å². The van der Waals surface area contributed by atoms with Gasteiger partial charge in [0.2, 0.25) is 0 Å². The summed E-state index contributed by atoms with van der Waals surface area (Å²) in [7, 11) is 3.03. The Morgan fingerprint density at radius 1 is 1.21 bits per heavy atom. The monoisotopic (exact) mass is 288 g/mol.